The van der Waals surface area contributed by atoms with E-state index in [1.54, 1.807) is 0 Å². The molecule has 0 heterocycles. The van der Waals surface area contributed by atoms with Gasteiger partial charge < -0.3 is 10.1 Å². The van der Waals surface area contributed by atoms with Crippen molar-refractivity contribution in [3.63, 3.8) is 0 Å². The monoisotopic (exact) mass is 213 g/mol. The maximum absolute atomic E-state index is 12.9. The van der Waals surface area contributed by atoms with Crippen molar-refractivity contribution in [1.29, 1.82) is 0 Å². The topological polar surface area (TPSA) is 21.3 Å². The van der Waals surface area contributed by atoms with Gasteiger partial charge in [-0.3, -0.25) is 0 Å². The Morgan fingerprint density at radius 1 is 1.33 bits per heavy atom. The maximum Gasteiger partial charge on any atom is 0.160 e. The summed E-state index contributed by atoms with van der Waals surface area (Å²) in [6, 6.07) is 3.77. The Kier molecular flexibility index (Phi) is 2.61. The number of hydrogen-bond donors (Lipinski definition) is 1. The van der Waals surface area contributed by atoms with Crippen LogP contribution in [0.2, 0.25) is 0 Å². The average Bonchev–Trinajstić information content (AvgIpc) is 2.92. The number of anilines is 1. The van der Waals surface area contributed by atoms with Crippen LogP contribution in [-0.2, 0) is 4.74 Å². The maximum atomic E-state index is 12.9. The van der Waals surface area contributed by atoms with E-state index < -0.39 is 11.6 Å². The molecule has 1 aromatic carbocycles. The third-order valence-corrected chi connectivity index (χ3v) is 2.42. The molecule has 15 heavy (non-hydrogen) atoms. The molecule has 1 aromatic rings. The Labute approximate surface area is 87.2 Å². The summed E-state index contributed by atoms with van der Waals surface area (Å²) in [5, 5.41) is 3.07. The number of hydrogen-bond acceptors (Lipinski definition) is 2. The number of rotatable bonds is 4. The molecule has 0 spiro atoms. The van der Waals surface area contributed by atoms with Gasteiger partial charge in [-0.05, 0) is 31.9 Å². The van der Waals surface area contributed by atoms with Crippen molar-refractivity contribution < 1.29 is 13.5 Å². The van der Waals surface area contributed by atoms with Crippen LogP contribution < -0.4 is 5.32 Å². The van der Waals surface area contributed by atoms with Crippen molar-refractivity contribution in [2.24, 2.45) is 0 Å². The van der Waals surface area contributed by atoms with Gasteiger partial charge in [0.15, 0.2) is 11.6 Å². The second kappa shape index (κ2) is 3.77. The van der Waals surface area contributed by atoms with Crippen molar-refractivity contribution >= 4 is 5.69 Å². The third-order valence-electron chi connectivity index (χ3n) is 2.42. The first kappa shape index (κ1) is 10.4. The fraction of sp³-hybridized carbons (Fsp3) is 0.455. The van der Waals surface area contributed by atoms with E-state index >= 15 is 0 Å². The predicted octanol–water partition coefficient (Wildman–Crippen LogP) is 2.90. The lowest BCUT2D eigenvalue weighted by molar-refractivity contribution is 0.0632. The minimum atomic E-state index is -0.840. The highest BCUT2D eigenvalue weighted by Crippen LogP contribution is 2.40. The fourth-order valence-corrected chi connectivity index (χ4v) is 1.53. The number of nitrogens with one attached hydrogen (secondary N) is 1. The van der Waals surface area contributed by atoms with Gasteiger partial charge in [-0.1, -0.05) is 0 Å². The molecule has 4 heteroatoms. The van der Waals surface area contributed by atoms with E-state index in [1.165, 1.54) is 6.07 Å². The lowest BCUT2D eigenvalue weighted by Gasteiger charge is -2.18. The molecule has 0 bridgehead atoms. The first-order chi connectivity index (χ1) is 7.15. The fourth-order valence-electron chi connectivity index (χ4n) is 1.53. The Bertz CT molecular complexity index is 364. The predicted molar refractivity (Wildman–Crippen MR) is 53.6 cm³/mol. The lowest BCUT2D eigenvalue weighted by atomic mass is 10.3. The first-order valence-corrected chi connectivity index (χ1v) is 5.02. The van der Waals surface area contributed by atoms with Gasteiger partial charge in [-0.25, -0.2) is 8.78 Å². The molecule has 0 atom stereocenters. The van der Waals surface area contributed by atoms with Crippen molar-refractivity contribution in [2.75, 3.05) is 11.9 Å². The minimum Gasteiger partial charge on any atom is -0.358 e. The molecule has 1 N–H and O–H groups in total. The second-order valence-electron chi connectivity index (χ2n) is 3.68. The van der Waals surface area contributed by atoms with E-state index in [-0.39, 0.29) is 5.72 Å². The van der Waals surface area contributed by atoms with Crippen molar-refractivity contribution in [3.8, 4) is 0 Å². The van der Waals surface area contributed by atoms with Gasteiger partial charge >= 0.3 is 0 Å². The van der Waals surface area contributed by atoms with E-state index in [1.807, 2.05) is 6.92 Å². The summed E-state index contributed by atoms with van der Waals surface area (Å²) in [6.07, 6.45) is 1.81. The van der Waals surface area contributed by atoms with Gasteiger partial charge in [0, 0.05) is 18.4 Å². The molecule has 0 aliphatic heterocycles. The standard InChI is InChI=1S/C11H13F2NO/c1-2-15-11(5-6-11)14-8-3-4-9(12)10(13)7-8/h3-4,7,14H,2,5-6H2,1H3. The molecule has 0 amide bonds. The molecular formula is C11H13F2NO. The second-order valence-corrected chi connectivity index (χ2v) is 3.68. The lowest BCUT2D eigenvalue weighted by Crippen LogP contribution is -2.25. The minimum absolute atomic E-state index is 0.348. The van der Waals surface area contributed by atoms with E-state index in [0.29, 0.717) is 12.3 Å². The number of halogens is 2. The van der Waals surface area contributed by atoms with Crippen LogP contribution in [0.25, 0.3) is 0 Å². The van der Waals surface area contributed by atoms with Crippen LogP contribution in [0.5, 0.6) is 0 Å². The van der Waals surface area contributed by atoms with Gasteiger partial charge in [0.25, 0.3) is 0 Å². The van der Waals surface area contributed by atoms with E-state index in [4.69, 9.17) is 4.74 Å². The Balaban J connectivity index is 2.08. The van der Waals surface area contributed by atoms with Crippen LogP contribution in [0.4, 0.5) is 14.5 Å². The molecule has 0 unspecified atom stereocenters. The normalized spacial score (nSPS) is 17.5. The van der Waals surface area contributed by atoms with Crippen molar-refractivity contribution in [1.82, 2.24) is 0 Å². The molecule has 0 radical (unpaired) electrons. The Morgan fingerprint density at radius 3 is 2.60 bits per heavy atom. The van der Waals surface area contributed by atoms with Crippen molar-refractivity contribution in [2.45, 2.75) is 25.5 Å². The van der Waals surface area contributed by atoms with Crippen LogP contribution in [-0.4, -0.2) is 12.3 Å². The van der Waals surface area contributed by atoms with Gasteiger partial charge in [0.05, 0.1) is 0 Å². The van der Waals surface area contributed by atoms with E-state index in [2.05, 4.69) is 5.32 Å². The third kappa shape index (κ3) is 2.26. The molecule has 82 valence electrons. The average molecular weight is 213 g/mol. The highest BCUT2D eigenvalue weighted by molar-refractivity contribution is 5.46. The quantitative estimate of drug-likeness (QED) is 0.776. The van der Waals surface area contributed by atoms with Crippen LogP contribution in [0.15, 0.2) is 18.2 Å². The molecule has 2 nitrogen and oxygen atoms in total. The summed E-state index contributed by atoms with van der Waals surface area (Å²) in [5.41, 5.74) is 0.207. The molecule has 2 rings (SSSR count). The summed E-state index contributed by atoms with van der Waals surface area (Å²) in [6.45, 7) is 2.52. The highest BCUT2D eigenvalue weighted by Gasteiger charge is 2.43. The van der Waals surface area contributed by atoms with Crippen LogP contribution in [0.3, 0.4) is 0 Å². The number of benzene rings is 1. The molecule has 0 saturated heterocycles. The highest BCUT2D eigenvalue weighted by atomic mass is 19.2. The molecular weight excluding hydrogens is 200 g/mol. The molecule has 0 aromatic heterocycles. The van der Waals surface area contributed by atoms with Crippen LogP contribution in [0.1, 0.15) is 19.8 Å². The van der Waals surface area contributed by atoms with Gasteiger partial charge in [-0.2, -0.15) is 0 Å². The van der Waals surface area contributed by atoms with E-state index in [9.17, 15) is 8.78 Å². The number of ether oxygens (including phenoxy) is 1. The summed E-state index contributed by atoms with van der Waals surface area (Å²) in [5.74, 6) is -1.67. The zero-order valence-corrected chi connectivity index (χ0v) is 8.52. The molecule has 1 aliphatic rings. The van der Waals surface area contributed by atoms with E-state index in [0.717, 1.165) is 25.0 Å². The van der Waals surface area contributed by atoms with Crippen LogP contribution in [0, 0.1) is 11.6 Å². The van der Waals surface area contributed by atoms with Gasteiger partial charge in [0.1, 0.15) is 5.72 Å². The first-order valence-electron chi connectivity index (χ1n) is 5.02. The summed E-state index contributed by atoms with van der Waals surface area (Å²) >= 11 is 0. The van der Waals surface area contributed by atoms with Gasteiger partial charge in [-0.15, -0.1) is 0 Å². The Hall–Kier alpha value is -1.16. The van der Waals surface area contributed by atoms with Crippen LogP contribution >= 0.6 is 0 Å². The molecule has 1 fully saturated rings. The zero-order valence-electron chi connectivity index (χ0n) is 8.52. The Morgan fingerprint density at radius 2 is 2.07 bits per heavy atom. The van der Waals surface area contributed by atoms with Gasteiger partial charge in [0.2, 0.25) is 0 Å². The smallest absolute Gasteiger partial charge is 0.160 e. The largest absolute Gasteiger partial charge is 0.358 e. The van der Waals surface area contributed by atoms with Crippen molar-refractivity contribution in [3.05, 3.63) is 29.8 Å². The zero-order chi connectivity index (χ0) is 10.9. The molecule has 1 saturated carbocycles. The summed E-state index contributed by atoms with van der Waals surface area (Å²) in [7, 11) is 0. The summed E-state index contributed by atoms with van der Waals surface area (Å²) < 4.78 is 31.1. The molecule has 1 aliphatic carbocycles. The SMILES string of the molecule is CCOC1(Nc2ccc(F)c(F)c2)CC1. The summed E-state index contributed by atoms with van der Waals surface area (Å²) in [4.78, 5) is 0.